The average Bonchev–Trinajstić information content (AvgIpc) is 2.45. The lowest BCUT2D eigenvalue weighted by atomic mass is 9.96. The minimum absolute atomic E-state index is 0.0328. The lowest BCUT2D eigenvalue weighted by Gasteiger charge is -2.36. The molecule has 0 spiro atoms. The van der Waals surface area contributed by atoms with Crippen LogP contribution in [0.5, 0.6) is 0 Å². The highest BCUT2D eigenvalue weighted by molar-refractivity contribution is 6.30. The molecule has 7 heteroatoms. The van der Waals surface area contributed by atoms with Crippen molar-refractivity contribution in [1.29, 1.82) is 0 Å². The number of piperazine rings is 1. The Morgan fingerprint density at radius 3 is 2.48 bits per heavy atom. The first-order valence-corrected chi connectivity index (χ1v) is 7.18. The van der Waals surface area contributed by atoms with Gasteiger partial charge in [0, 0.05) is 37.2 Å². The normalized spacial score (nSPS) is 18.7. The van der Waals surface area contributed by atoms with Gasteiger partial charge in [-0.3, -0.25) is 9.29 Å². The molecule has 1 N–H and O–H groups in total. The van der Waals surface area contributed by atoms with Gasteiger partial charge in [-0.2, -0.15) is 13.2 Å². The van der Waals surface area contributed by atoms with Crippen LogP contribution < -0.4 is 5.32 Å². The van der Waals surface area contributed by atoms with Crippen molar-refractivity contribution in [2.75, 3.05) is 32.9 Å². The molecule has 1 atom stereocenters. The quantitative estimate of drug-likeness (QED) is 0.850. The Hall–Kier alpha value is -0.850. The molecular formula is C14H17ClF4N2. The van der Waals surface area contributed by atoms with Crippen molar-refractivity contribution in [2.24, 2.45) is 0 Å². The number of halogens is 5. The number of nitrogens with zero attached hydrogens (tertiary/aromatic N) is 1. The topological polar surface area (TPSA) is 15.3 Å². The molecule has 1 heterocycles. The summed E-state index contributed by atoms with van der Waals surface area (Å²) in [6.45, 7) is 1.93. The summed E-state index contributed by atoms with van der Waals surface area (Å²) in [4.78, 5) is 1.90. The second-order valence-electron chi connectivity index (χ2n) is 5.01. The Balaban J connectivity index is 2.39. The van der Waals surface area contributed by atoms with E-state index in [1.165, 1.54) is 12.1 Å². The van der Waals surface area contributed by atoms with Crippen molar-refractivity contribution in [3.63, 3.8) is 0 Å². The van der Waals surface area contributed by atoms with E-state index in [0.29, 0.717) is 26.2 Å². The molecule has 0 aliphatic carbocycles. The van der Waals surface area contributed by atoms with E-state index in [1.807, 2.05) is 4.90 Å². The second kappa shape index (κ2) is 6.94. The fourth-order valence-electron chi connectivity index (χ4n) is 2.70. The fourth-order valence-corrected chi connectivity index (χ4v) is 2.87. The third-order valence-corrected chi connectivity index (χ3v) is 3.89. The van der Waals surface area contributed by atoms with Gasteiger partial charge in [-0.15, -0.1) is 0 Å². The van der Waals surface area contributed by atoms with Gasteiger partial charge in [-0.25, -0.2) is 0 Å². The molecule has 1 aromatic carbocycles. The monoisotopic (exact) mass is 324 g/mol. The van der Waals surface area contributed by atoms with Gasteiger partial charge in [0.2, 0.25) is 0 Å². The molecule has 2 rings (SSSR count). The maximum absolute atomic E-state index is 13.2. The summed E-state index contributed by atoms with van der Waals surface area (Å²) in [5, 5.41) is 3.17. The van der Waals surface area contributed by atoms with Gasteiger partial charge in [0.05, 0.1) is 12.2 Å². The zero-order valence-electron chi connectivity index (χ0n) is 11.4. The van der Waals surface area contributed by atoms with Crippen LogP contribution in [0.1, 0.15) is 23.6 Å². The van der Waals surface area contributed by atoms with Crippen LogP contribution in [0.15, 0.2) is 18.2 Å². The molecule has 1 aliphatic rings. The molecule has 0 amide bonds. The number of nitrogens with one attached hydrogen (secondary N) is 1. The van der Waals surface area contributed by atoms with E-state index in [9.17, 15) is 17.6 Å². The number of hydrogen-bond donors (Lipinski definition) is 1. The first kappa shape index (κ1) is 16.5. The highest BCUT2D eigenvalue weighted by atomic mass is 35.5. The Morgan fingerprint density at radius 2 is 1.90 bits per heavy atom. The van der Waals surface area contributed by atoms with Crippen molar-refractivity contribution in [3.8, 4) is 0 Å². The van der Waals surface area contributed by atoms with Crippen molar-refractivity contribution in [1.82, 2.24) is 10.2 Å². The summed E-state index contributed by atoms with van der Waals surface area (Å²) in [6, 6.07) is 3.14. The zero-order valence-corrected chi connectivity index (χ0v) is 12.1. The van der Waals surface area contributed by atoms with Gasteiger partial charge in [0.1, 0.15) is 0 Å². The molecule has 1 aliphatic heterocycles. The second-order valence-corrected chi connectivity index (χ2v) is 5.45. The molecule has 0 aromatic heterocycles. The average molecular weight is 325 g/mol. The van der Waals surface area contributed by atoms with E-state index in [-0.39, 0.29) is 17.0 Å². The van der Waals surface area contributed by atoms with Gasteiger partial charge in [0.25, 0.3) is 0 Å². The minimum Gasteiger partial charge on any atom is -0.314 e. The van der Waals surface area contributed by atoms with Gasteiger partial charge in [-0.05, 0) is 24.1 Å². The van der Waals surface area contributed by atoms with Crippen LogP contribution in [-0.4, -0.2) is 37.8 Å². The van der Waals surface area contributed by atoms with Crippen molar-refractivity contribution >= 4 is 11.6 Å². The summed E-state index contributed by atoms with van der Waals surface area (Å²) in [5.41, 5.74) is -0.668. The van der Waals surface area contributed by atoms with Crippen LogP contribution in [0.25, 0.3) is 0 Å². The van der Waals surface area contributed by atoms with E-state index in [1.54, 1.807) is 0 Å². The van der Waals surface area contributed by atoms with Crippen molar-refractivity contribution in [3.05, 3.63) is 34.3 Å². The van der Waals surface area contributed by atoms with Crippen molar-refractivity contribution < 1.29 is 17.6 Å². The van der Waals surface area contributed by atoms with E-state index in [2.05, 4.69) is 5.32 Å². The Bertz CT molecular complexity index is 473. The summed E-state index contributed by atoms with van der Waals surface area (Å²) >= 11 is 5.69. The van der Waals surface area contributed by atoms with Gasteiger partial charge in [-0.1, -0.05) is 17.7 Å². The van der Waals surface area contributed by atoms with Crippen LogP contribution >= 0.6 is 11.6 Å². The van der Waals surface area contributed by atoms with Crippen LogP contribution in [0, 0.1) is 0 Å². The third-order valence-electron chi connectivity index (χ3n) is 3.65. The maximum atomic E-state index is 13.2. The minimum atomic E-state index is -4.50. The maximum Gasteiger partial charge on any atom is 0.416 e. The van der Waals surface area contributed by atoms with E-state index < -0.39 is 24.5 Å². The van der Waals surface area contributed by atoms with Gasteiger partial charge < -0.3 is 5.32 Å². The van der Waals surface area contributed by atoms with Crippen molar-refractivity contribution in [2.45, 2.75) is 18.6 Å². The predicted molar refractivity (Wildman–Crippen MR) is 74.2 cm³/mol. The highest BCUT2D eigenvalue weighted by Crippen LogP contribution is 2.39. The highest BCUT2D eigenvalue weighted by Gasteiger charge is 2.37. The van der Waals surface area contributed by atoms with E-state index >= 15 is 0 Å². The molecule has 21 heavy (non-hydrogen) atoms. The third kappa shape index (κ3) is 4.08. The number of benzene rings is 1. The first-order chi connectivity index (χ1) is 9.93. The standard InChI is InChI=1S/C14H17ClF4N2/c15-10-1-2-11(12(9-10)14(17,18)19)13(3-4-16)21-7-5-20-6-8-21/h1-2,9,13,20H,3-8H2/t13-/m1/s1. The molecule has 1 fully saturated rings. The van der Waals surface area contributed by atoms with Crippen LogP contribution in [0.3, 0.4) is 0 Å². The lowest BCUT2D eigenvalue weighted by molar-refractivity contribution is -0.138. The molecule has 2 nitrogen and oxygen atoms in total. The van der Waals surface area contributed by atoms with Gasteiger partial charge in [0.15, 0.2) is 0 Å². The van der Waals surface area contributed by atoms with Crippen LogP contribution in [0.2, 0.25) is 5.02 Å². The number of alkyl halides is 4. The molecule has 0 saturated carbocycles. The summed E-state index contributed by atoms with van der Waals surface area (Å²) in [5.74, 6) is 0. The Kier molecular flexibility index (Phi) is 5.46. The zero-order chi connectivity index (χ0) is 15.5. The Labute approximate surface area is 126 Å². The number of hydrogen-bond acceptors (Lipinski definition) is 2. The van der Waals surface area contributed by atoms with Crippen LogP contribution in [-0.2, 0) is 6.18 Å². The molecular weight excluding hydrogens is 308 g/mol. The molecule has 0 bridgehead atoms. The molecule has 1 saturated heterocycles. The molecule has 0 unspecified atom stereocenters. The lowest BCUT2D eigenvalue weighted by Crippen LogP contribution is -2.45. The summed E-state index contributed by atoms with van der Waals surface area (Å²) in [7, 11) is 0. The fraction of sp³-hybridized carbons (Fsp3) is 0.571. The molecule has 1 aromatic rings. The smallest absolute Gasteiger partial charge is 0.314 e. The Morgan fingerprint density at radius 1 is 1.24 bits per heavy atom. The summed E-state index contributed by atoms with van der Waals surface area (Å²) in [6.07, 6.45) is -4.45. The summed E-state index contributed by atoms with van der Waals surface area (Å²) < 4.78 is 52.5. The molecule has 0 radical (unpaired) electrons. The first-order valence-electron chi connectivity index (χ1n) is 6.81. The van der Waals surface area contributed by atoms with E-state index in [0.717, 1.165) is 6.07 Å². The SMILES string of the molecule is FCC[C@H](c1ccc(Cl)cc1C(F)(F)F)N1CCNCC1. The van der Waals surface area contributed by atoms with Gasteiger partial charge >= 0.3 is 6.18 Å². The number of rotatable bonds is 4. The largest absolute Gasteiger partial charge is 0.416 e. The van der Waals surface area contributed by atoms with E-state index in [4.69, 9.17) is 11.6 Å². The predicted octanol–water partition coefficient (Wildman–Crippen LogP) is 3.66. The molecule has 118 valence electrons. The van der Waals surface area contributed by atoms with Crippen LogP contribution in [0.4, 0.5) is 17.6 Å².